The predicted molar refractivity (Wildman–Crippen MR) is 97.7 cm³/mol. The second-order valence-corrected chi connectivity index (χ2v) is 6.56. The molecule has 4 rings (SSSR count). The monoisotopic (exact) mass is 365 g/mol. The third kappa shape index (κ3) is 3.51. The molecule has 2 unspecified atom stereocenters. The highest BCUT2D eigenvalue weighted by Crippen LogP contribution is 2.48. The van der Waals surface area contributed by atoms with E-state index in [4.69, 9.17) is 14.0 Å². The summed E-state index contributed by atoms with van der Waals surface area (Å²) in [4.78, 5) is 11.9. The molecular weight excluding hydrogens is 346 g/mol. The number of rotatable bonds is 6. The zero-order valence-corrected chi connectivity index (χ0v) is 14.8. The van der Waals surface area contributed by atoms with Gasteiger partial charge in [0.05, 0.1) is 19.9 Å². The Morgan fingerprint density at radius 1 is 1.26 bits per heavy atom. The van der Waals surface area contributed by atoms with E-state index in [0.29, 0.717) is 24.2 Å². The highest BCUT2D eigenvalue weighted by Gasteiger charge is 2.39. The van der Waals surface area contributed by atoms with Crippen LogP contribution < -0.4 is 4.74 Å². The fourth-order valence-electron chi connectivity index (χ4n) is 3.27. The quantitative estimate of drug-likeness (QED) is 0.665. The Labute approximate surface area is 156 Å². The van der Waals surface area contributed by atoms with Crippen molar-refractivity contribution in [1.82, 2.24) is 5.16 Å². The molecule has 6 heteroatoms. The number of aromatic hydroxyl groups is 1. The first-order valence-corrected chi connectivity index (χ1v) is 8.71. The van der Waals surface area contributed by atoms with E-state index in [9.17, 15) is 9.90 Å². The van der Waals surface area contributed by atoms with Crippen LogP contribution in [-0.4, -0.2) is 29.9 Å². The van der Waals surface area contributed by atoms with Gasteiger partial charge in [-0.3, -0.25) is 0 Å². The van der Waals surface area contributed by atoms with E-state index < -0.39 is 5.97 Å². The molecule has 0 saturated heterocycles. The summed E-state index contributed by atoms with van der Waals surface area (Å²) >= 11 is 0. The summed E-state index contributed by atoms with van der Waals surface area (Å²) in [6, 6.07) is 14.8. The van der Waals surface area contributed by atoms with Crippen LogP contribution in [0.15, 0.2) is 59.3 Å². The van der Waals surface area contributed by atoms with Crippen LogP contribution in [0.4, 0.5) is 0 Å². The van der Waals surface area contributed by atoms with Gasteiger partial charge in [-0.15, -0.1) is 0 Å². The first-order chi connectivity index (χ1) is 13.2. The van der Waals surface area contributed by atoms with Gasteiger partial charge in [0.2, 0.25) is 0 Å². The molecule has 27 heavy (non-hydrogen) atoms. The first kappa shape index (κ1) is 17.1. The fourth-order valence-corrected chi connectivity index (χ4v) is 3.27. The number of methoxy groups -OCH3 is 1. The Kier molecular flexibility index (Phi) is 4.54. The predicted octanol–water partition coefficient (Wildman–Crippen LogP) is 4.02. The number of carbonyl (C=O) groups excluding carboxylic acids is 1. The Hall–Kier alpha value is -3.28. The number of aromatic nitrogens is 1. The van der Waals surface area contributed by atoms with Crippen molar-refractivity contribution in [1.29, 1.82) is 0 Å². The third-order valence-electron chi connectivity index (χ3n) is 4.81. The van der Waals surface area contributed by atoms with Crippen LogP contribution in [0, 0.1) is 5.92 Å². The van der Waals surface area contributed by atoms with Gasteiger partial charge in [0.15, 0.2) is 5.76 Å². The van der Waals surface area contributed by atoms with Gasteiger partial charge < -0.3 is 19.1 Å². The van der Waals surface area contributed by atoms with Gasteiger partial charge in [-0.2, -0.15) is 0 Å². The van der Waals surface area contributed by atoms with Gasteiger partial charge in [-0.1, -0.05) is 29.4 Å². The molecule has 3 aromatic rings. The average molecular weight is 365 g/mol. The molecule has 0 radical (unpaired) electrons. The number of benzene rings is 2. The largest absolute Gasteiger partial charge is 0.507 e. The SMILES string of the molecule is COC(=O)c1c(O)cccc1OCC1CC1c1cccc(-c2ccno2)c1. The Morgan fingerprint density at radius 3 is 2.89 bits per heavy atom. The minimum atomic E-state index is -0.616. The lowest BCUT2D eigenvalue weighted by atomic mass is 10.0. The minimum Gasteiger partial charge on any atom is -0.507 e. The molecule has 1 aliphatic rings. The van der Waals surface area contributed by atoms with Crippen molar-refractivity contribution in [3.05, 3.63) is 65.9 Å². The Morgan fingerprint density at radius 2 is 2.11 bits per heavy atom. The van der Waals surface area contributed by atoms with Crippen molar-refractivity contribution in [3.8, 4) is 22.8 Å². The maximum atomic E-state index is 11.9. The molecule has 0 bridgehead atoms. The van der Waals surface area contributed by atoms with Gasteiger partial charge in [-0.25, -0.2) is 4.79 Å². The molecule has 2 atom stereocenters. The molecule has 1 aromatic heterocycles. The summed E-state index contributed by atoms with van der Waals surface area (Å²) in [5.74, 6) is 1.06. The van der Waals surface area contributed by atoms with E-state index >= 15 is 0 Å². The van der Waals surface area contributed by atoms with Crippen LogP contribution in [0.2, 0.25) is 0 Å². The van der Waals surface area contributed by atoms with E-state index in [1.54, 1.807) is 18.3 Å². The Bertz CT molecular complexity index is 951. The van der Waals surface area contributed by atoms with Crippen LogP contribution in [0.3, 0.4) is 0 Å². The van der Waals surface area contributed by atoms with Crippen LogP contribution in [0.5, 0.6) is 11.5 Å². The first-order valence-electron chi connectivity index (χ1n) is 8.71. The van der Waals surface area contributed by atoms with Gasteiger partial charge in [0.25, 0.3) is 0 Å². The lowest BCUT2D eigenvalue weighted by Crippen LogP contribution is -2.08. The van der Waals surface area contributed by atoms with Crippen LogP contribution in [0.1, 0.15) is 28.3 Å². The smallest absolute Gasteiger partial charge is 0.345 e. The lowest BCUT2D eigenvalue weighted by molar-refractivity contribution is 0.0592. The number of nitrogens with zero attached hydrogens (tertiary/aromatic N) is 1. The summed E-state index contributed by atoms with van der Waals surface area (Å²) in [7, 11) is 1.27. The van der Waals surface area contributed by atoms with Crippen molar-refractivity contribution in [2.45, 2.75) is 12.3 Å². The van der Waals surface area contributed by atoms with Crippen molar-refractivity contribution in [3.63, 3.8) is 0 Å². The highest BCUT2D eigenvalue weighted by atomic mass is 16.5. The second kappa shape index (κ2) is 7.15. The molecule has 1 aliphatic carbocycles. The molecule has 0 amide bonds. The Balaban J connectivity index is 1.44. The van der Waals surface area contributed by atoms with Crippen LogP contribution in [-0.2, 0) is 4.74 Å². The third-order valence-corrected chi connectivity index (χ3v) is 4.81. The summed E-state index contributed by atoms with van der Waals surface area (Å²) in [5, 5.41) is 13.7. The van der Waals surface area contributed by atoms with Crippen molar-refractivity contribution >= 4 is 5.97 Å². The van der Waals surface area contributed by atoms with E-state index in [0.717, 1.165) is 17.7 Å². The number of carbonyl (C=O) groups is 1. The van der Waals surface area contributed by atoms with E-state index in [-0.39, 0.29) is 11.3 Å². The van der Waals surface area contributed by atoms with E-state index in [1.165, 1.54) is 18.7 Å². The molecule has 6 nitrogen and oxygen atoms in total. The number of hydrogen-bond donors (Lipinski definition) is 1. The summed E-state index contributed by atoms with van der Waals surface area (Å²) in [5.41, 5.74) is 2.28. The zero-order valence-electron chi connectivity index (χ0n) is 14.8. The van der Waals surface area contributed by atoms with Gasteiger partial charge >= 0.3 is 5.97 Å². The molecule has 1 saturated carbocycles. The molecule has 0 spiro atoms. The molecule has 138 valence electrons. The fraction of sp³-hybridized carbons (Fsp3) is 0.238. The van der Waals surface area contributed by atoms with Crippen molar-refractivity contribution in [2.75, 3.05) is 13.7 Å². The molecule has 1 heterocycles. The van der Waals surface area contributed by atoms with Crippen LogP contribution >= 0.6 is 0 Å². The second-order valence-electron chi connectivity index (χ2n) is 6.56. The highest BCUT2D eigenvalue weighted by molar-refractivity contribution is 5.95. The topological polar surface area (TPSA) is 81.8 Å². The van der Waals surface area contributed by atoms with E-state index in [2.05, 4.69) is 17.3 Å². The standard InChI is InChI=1S/C21H19NO5/c1-25-21(24)20-17(23)6-3-7-19(20)26-12-15-11-16(15)13-4-2-5-14(10-13)18-8-9-22-27-18/h2-10,15-16,23H,11-12H2,1H3. The average Bonchev–Trinajstić information content (AvgIpc) is 3.26. The van der Waals surface area contributed by atoms with E-state index in [1.807, 2.05) is 18.2 Å². The summed E-state index contributed by atoms with van der Waals surface area (Å²) in [6.07, 6.45) is 2.64. The van der Waals surface area contributed by atoms with Gasteiger partial charge in [0, 0.05) is 17.5 Å². The van der Waals surface area contributed by atoms with Gasteiger partial charge in [0.1, 0.15) is 17.1 Å². The van der Waals surface area contributed by atoms with Crippen LogP contribution in [0.25, 0.3) is 11.3 Å². The van der Waals surface area contributed by atoms with Crippen molar-refractivity contribution < 1.29 is 23.9 Å². The van der Waals surface area contributed by atoms with Crippen molar-refractivity contribution in [2.24, 2.45) is 5.92 Å². The summed E-state index contributed by atoms with van der Waals surface area (Å²) < 4.78 is 15.8. The number of ether oxygens (including phenoxy) is 2. The summed E-state index contributed by atoms with van der Waals surface area (Å²) in [6.45, 7) is 0.463. The maximum Gasteiger partial charge on any atom is 0.345 e. The molecule has 1 N–H and O–H groups in total. The molecule has 0 aliphatic heterocycles. The maximum absolute atomic E-state index is 11.9. The molecule has 2 aromatic carbocycles. The normalized spacial score (nSPS) is 18.1. The number of phenolic OH excluding ortho intramolecular Hbond substituents is 1. The van der Waals surface area contributed by atoms with Gasteiger partial charge in [-0.05, 0) is 36.1 Å². The molecular formula is C21H19NO5. The number of esters is 1. The zero-order chi connectivity index (χ0) is 18.8. The minimum absolute atomic E-state index is 0.0597. The molecule has 1 fully saturated rings. The number of hydrogen-bond acceptors (Lipinski definition) is 6. The number of phenols is 1. The lowest BCUT2D eigenvalue weighted by Gasteiger charge is -2.11.